The summed E-state index contributed by atoms with van der Waals surface area (Å²) >= 11 is 0. The Hall–Kier alpha value is -1.73. The van der Waals surface area contributed by atoms with Gasteiger partial charge < -0.3 is 10.2 Å². The Kier molecular flexibility index (Phi) is 5.59. The third-order valence-electron chi connectivity index (χ3n) is 6.55. The molecule has 148 valence electrons. The molecule has 1 aromatic heterocycles. The fraction of sp³-hybridized carbons (Fsp3) is 0.750. The van der Waals surface area contributed by atoms with Crippen molar-refractivity contribution in [2.75, 3.05) is 51.2 Å². The van der Waals surface area contributed by atoms with Crippen molar-refractivity contribution in [3.05, 3.63) is 18.0 Å². The molecule has 4 rings (SSSR count). The van der Waals surface area contributed by atoms with Crippen molar-refractivity contribution in [2.45, 2.75) is 50.6 Å². The van der Waals surface area contributed by atoms with Gasteiger partial charge in [0.05, 0.1) is 0 Å². The fourth-order valence-electron chi connectivity index (χ4n) is 4.76. The molecule has 0 radical (unpaired) electrons. The molecule has 0 aromatic carbocycles. The molecule has 0 bridgehead atoms. The lowest BCUT2D eigenvalue weighted by atomic mass is 9.86. The minimum atomic E-state index is 0.103. The second kappa shape index (κ2) is 8.10. The van der Waals surface area contributed by atoms with E-state index in [0.29, 0.717) is 6.42 Å². The zero-order valence-corrected chi connectivity index (χ0v) is 16.5. The first-order valence-electron chi connectivity index (χ1n) is 10.4. The molecule has 7 nitrogen and oxygen atoms in total. The molecule has 1 amide bonds. The molecule has 1 atom stereocenters. The van der Waals surface area contributed by atoms with Gasteiger partial charge in [0.2, 0.25) is 11.9 Å². The van der Waals surface area contributed by atoms with E-state index >= 15 is 0 Å². The van der Waals surface area contributed by atoms with E-state index < -0.39 is 0 Å². The average molecular weight is 373 g/mol. The molecule has 0 aliphatic carbocycles. The van der Waals surface area contributed by atoms with Crippen LogP contribution in [0.3, 0.4) is 0 Å². The SMILES string of the molecule is CN1CCN(Cc2cnc(N3CCCCC3)nc2)C[C@]12CCNC(=O)CC2. The molecule has 3 aliphatic heterocycles. The third kappa shape index (κ3) is 4.24. The summed E-state index contributed by atoms with van der Waals surface area (Å²) in [5, 5.41) is 3.03. The molecule has 0 saturated carbocycles. The van der Waals surface area contributed by atoms with Crippen LogP contribution in [-0.4, -0.2) is 77.5 Å². The number of carbonyl (C=O) groups excluding carboxylic acids is 1. The normalized spacial score (nSPS) is 28.2. The van der Waals surface area contributed by atoms with E-state index in [1.807, 2.05) is 12.4 Å². The van der Waals surface area contributed by atoms with Gasteiger partial charge in [0, 0.05) is 75.7 Å². The highest BCUT2D eigenvalue weighted by Crippen LogP contribution is 2.31. The van der Waals surface area contributed by atoms with Crippen molar-refractivity contribution >= 4 is 11.9 Å². The highest BCUT2D eigenvalue weighted by atomic mass is 16.1. The van der Waals surface area contributed by atoms with Gasteiger partial charge in [-0.25, -0.2) is 9.97 Å². The number of nitrogens with zero attached hydrogens (tertiary/aromatic N) is 5. The predicted molar refractivity (Wildman–Crippen MR) is 106 cm³/mol. The predicted octanol–water partition coefficient (Wildman–Crippen LogP) is 1.25. The maximum atomic E-state index is 11.8. The summed E-state index contributed by atoms with van der Waals surface area (Å²) in [6.45, 7) is 6.92. The Morgan fingerprint density at radius 1 is 1.07 bits per heavy atom. The Labute approximate surface area is 162 Å². The smallest absolute Gasteiger partial charge is 0.225 e. The zero-order chi connectivity index (χ0) is 18.7. The van der Waals surface area contributed by atoms with Crippen molar-refractivity contribution in [3.63, 3.8) is 0 Å². The molecule has 3 fully saturated rings. The lowest BCUT2D eigenvalue weighted by Crippen LogP contribution is -2.60. The Balaban J connectivity index is 1.39. The van der Waals surface area contributed by atoms with E-state index in [9.17, 15) is 4.79 Å². The van der Waals surface area contributed by atoms with Gasteiger partial charge in [0.15, 0.2) is 0 Å². The molecule has 0 unspecified atom stereocenters. The minimum absolute atomic E-state index is 0.103. The molecule has 3 saturated heterocycles. The highest BCUT2D eigenvalue weighted by molar-refractivity contribution is 5.76. The number of likely N-dealkylation sites (N-methyl/N-ethyl adjacent to an activating group) is 1. The molecule has 27 heavy (non-hydrogen) atoms. The Bertz CT molecular complexity index is 644. The first-order chi connectivity index (χ1) is 13.1. The Morgan fingerprint density at radius 2 is 1.85 bits per heavy atom. The van der Waals surface area contributed by atoms with Crippen LogP contribution >= 0.6 is 0 Å². The summed E-state index contributed by atoms with van der Waals surface area (Å²) in [4.78, 5) is 28.3. The maximum Gasteiger partial charge on any atom is 0.225 e. The molecule has 7 heteroatoms. The van der Waals surface area contributed by atoms with Gasteiger partial charge in [0.1, 0.15) is 0 Å². The van der Waals surface area contributed by atoms with Gasteiger partial charge in [0.25, 0.3) is 0 Å². The summed E-state index contributed by atoms with van der Waals surface area (Å²) in [6.07, 6.45) is 10.4. The fourth-order valence-corrected chi connectivity index (χ4v) is 4.76. The molecular weight excluding hydrogens is 340 g/mol. The maximum absolute atomic E-state index is 11.8. The average Bonchev–Trinajstić information content (AvgIpc) is 2.88. The van der Waals surface area contributed by atoms with Crippen LogP contribution in [0.5, 0.6) is 0 Å². The van der Waals surface area contributed by atoms with E-state index in [4.69, 9.17) is 0 Å². The lowest BCUT2D eigenvalue weighted by Gasteiger charge is -2.49. The van der Waals surface area contributed by atoms with Crippen LogP contribution in [0.2, 0.25) is 0 Å². The Morgan fingerprint density at radius 3 is 2.63 bits per heavy atom. The van der Waals surface area contributed by atoms with E-state index in [1.54, 1.807) is 0 Å². The molecule has 3 aliphatic rings. The van der Waals surface area contributed by atoms with Crippen LogP contribution in [0.25, 0.3) is 0 Å². The topological polar surface area (TPSA) is 64.6 Å². The standard InChI is InChI=1S/C20H32N6O/c1-24-11-12-25(16-20(24)6-5-18(27)21-8-7-20)15-17-13-22-19(23-14-17)26-9-3-2-4-10-26/h13-14H,2-12,15-16H2,1H3,(H,21,27)/t20-/m0/s1. The number of aromatic nitrogens is 2. The van der Waals surface area contributed by atoms with Crippen LogP contribution in [0.1, 0.15) is 44.1 Å². The molecule has 1 aromatic rings. The van der Waals surface area contributed by atoms with Crippen molar-refractivity contribution < 1.29 is 4.79 Å². The molecular formula is C20H32N6O. The van der Waals surface area contributed by atoms with E-state index in [-0.39, 0.29) is 11.4 Å². The number of hydrogen-bond acceptors (Lipinski definition) is 6. The van der Waals surface area contributed by atoms with Crippen LogP contribution in [-0.2, 0) is 11.3 Å². The summed E-state index contributed by atoms with van der Waals surface area (Å²) in [7, 11) is 2.21. The number of hydrogen-bond donors (Lipinski definition) is 1. The second-order valence-corrected chi connectivity index (χ2v) is 8.40. The van der Waals surface area contributed by atoms with Gasteiger partial charge in [-0.2, -0.15) is 0 Å². The van der Waals surface area contributed by atoms with Crippen LogP contribution in [0, 0.1) is 0 Å². The number of carbonyl (C=O) groups is 1. The van der Waals surface area contributed by atoms with Gasteiger partial charge in [-0.15, -0.1) is 0 Å². The number of anilines is 1. The lowest BCUT2D eigenvalue weighted by molar-refractivity contribution is -0.121. The molecule has 4 heterocycles. The third-order valence-corrected chi connectivity index (χ3v) is 6.55. The van der Waals surface area contributed by atoms with E-state index in [2.05, 4.69) is 37.0 Å². The quantitative estimate of drug-likeness (QED) is 0.862. The van der Waals surface area contributed by atoms with Crippen molar-refractivity contribution in [1.29, 1.82) is 0 Å². The zero-order valence-electron chi connectivity index (χ0n) is 16.5. The number of rotatable bonds is 3. The van der Waals surface area contributed by atoms with Gasteiger partial charge >= 0.3 is 0 Å². The molecule has 1 spiro atoms. The summed E-state index contributed by atoms with van der Waals surface area (Å²) in [6, 6.07) is 0. The van der Waals surface area contributed by atoms with Crippen molar-refractivity contribution in [3.8, 4) is 0 Å². The van der Waals surface area contributed by atoms with Crippen molar-refractivity contribution in [2.24, 2.45) is 0 Å². The van der Waals surface area contributed by atoms with Gasteiger partial charge in [-0.05, 0) is 39.2 Å². The van der Waals surface area contributed by atoms with Crippen molar-refractivity contribution in [1.82, 2.24) is 25.1 Å². The summed E-state index contributed by atoms with van der Waals surface area (Å²) in [5.74, 6) is 1.07. The summed E-state index contributed by atoms with van der Waals surface area (Å²) in [5.41, 5.74) is 1.28. The van der Waals surface area contributed by atoms with Crippen LogP contribution in [0.15, 0.2) is 12.4 Å². The van der Waals surface area contributed by atoms with Crippen LogP contribution in [0.4, 0.5) is 5.95 Å². The number of piperidine rings is 1. The largest absolute Gasteiger partial charge is 0.356 e. The minimum Gasteiger partial charge on any atom is -0.356 e. The van der Waals surface area contributed by atoms with Gasteiger partial charge in [-0.3, -0.25) is 14.6 Å². The summed E-state index contributed by atoms with van der Waals surface area (Å²) < 4.78 is 0. The second-order valence-electron chi connectivity index (χ2n) is 8.40. The van der Waals surface area contributed by atoms with E-state index in [0.717, 1.165) is 64.6 Å². The molecule has 1 N–H and O–H groups in total. The number of piperazine rings is 1. The number of nitrogens with one attached hydrogen (secondary N) is 1. The number of amides is 1. The first-order valence-corrected chi connectivity index (χ1v) is 10.4. The first kappa shape index (κ1) is 18.6. The monoisotopic (exact) mass is 372 g/mol. The van der Waals surface area contributed by atoms with Gasteiger partial charge in [-0.1, -0.05) is 0 Å². The highest BCUT2D eigenvalue weighted by Gasteiger charge is 2.40. The van der Waals surface area contributed by atoms with E-state index in [1.165, 1.54) is 24.8 Å². The van der Waals surface area contributed by atoms with Crippen LogP contribution < -0.4 is 10.2 Å².